The van der Waals surface area contributed by atoms with Gasteiger partial charge in [-0.2, -0.15) is 5.10 Å². The molecule has 1 saturated heterocycles. The van der Waals surface area contributed by atoms with E-state index < -0.39 is 0 Å². The van der Waals surface area contributed by atoms with Gasteiger partial charge in [0.15, 0.2) is 0 Å². The fourth-order valence-electron chi connectivity index (χ4n) is 2.96. The van der Waals surface area contributed by atoms with Crippen LogP contribution in [0, 0.1) is 13.8 Å². The van der Waals surface area contributed by atoms with Crippen LogP contribution >= 0.6 is 24.8 Å². The summed E-state index contributed by atoms with van der Waals surface area (Å²) in [6.07, 6.45) is 0. The first-order valence-electron chi connectivity index (χ1n) is 8.41. The molecule has 1 atom stereocenters. The Kier molecular flexibility index (Phi) is 8.56. The molecule has 0 spiro atoms. The second-order valence-electron chi connectivity index (χ2n) is 6.49. The Morgan fingerprint density at radius 1 is 1.27 bits per heavy atom. The molecule has 1 aromatic carbocycles. The van der Waals surface area contributed by atoms with E-state index in [9.17, 15) is 4.79 Å². The van der Waals surface area contributed by atoms with Gasteiger partial charge in [0.25, 0.3) is 0 Å². The molecule has 3 rings (SSSR count). The standard InChI is InChI=1S/C18H25N5O.2ClH/c1-13-4-6-16(7-5-13)23-17(10-14(2)21-23)20-18(24)12-22-9-8-19-11-15(22)3;;/h4-7,10,15,19H,8-9,11-12H2,1-3H3,(H,20,24);2*1H/t15-;;/m0../s1. The molecule has 6 nitrogen and oxygen atoms in total. The third kappa shape index (κ3) is 5.45. The summed E-state index contributed by atoms with van der Waals surface area (Å²) in [5.74, 6) is 0.709. The van der Waals surface area contributed by atoms with Crippen molar-refractivity contribution in [3.05, 3.63) is 41.6 Å². The molecule has 1 aliphatic rings. The minimum Gasteiger partial charge on any atom is -0.314 e. The zero-order valence-electron chi connectivity index (χ0n) is 15.4. The van der Waals surface area contributed by atoms with Crippen molar-refractivity contribution in [1.82, 2.24) is 20.0 Å². The number of aromatic nitrogens is 2. The Bertz CT molecular complexity index is 717. The lowest BCUT2D eigenvalue weighted by Gasteiger charge is -2.33. The Labute approximate surface area is 167 Å². The summed E-state index contributed by atoms with van der Waals surface area (Å²) in [4.78, 5) is 14.7. The first kappa shape index (κ1) is 22.4. The largest absolute Gasteiger partial charge is 0.314 e. The second-order valence-corrected chi connectivity index (χ2v) is 6.49. The molecule has 2 aromatic rings. The molecule has 0 saturated carbocycles. The van der Waals surface area contributed by atoms with Gasteiger partial charge in [-0.05, 0) is 32.9 Å². The minimum absolute atomic E-state index is 0. The summed E-state index contributed by atoms with van der Waals surface area (Å²) in [6.45, 7) is 9.27. The maximum absolute atomic E-state index is 12.5. The second kappa shape index (κ2) is 9.92. The van der Waals surface area contributed by atoms with Gasteiger partial charge in [-0.25, -0.2) is 4.68 Å². The van der Waals surface area contributed by atoms with Crippen molar-refractivity contribution >= 4 is 36.5 Å². The summed E-state index contributed by atoms with van der Waals surface area (Å²) >= 11 is 0. The number of hydrogen-bond acceptors (Lipinski definition) is 4. The Balaban J connectivity index is 0.00000169. The Morgan fingerprint density at radius 2 is 1.96 bits per heavy atom. The highest BCUT2D eigenvalue weighted by molar-refractivity contribution is 5.91. The van der Waals surface area contributed by atoms with E-state index in [1.807, 2.05) is 37.3 Å². The lowest BCUT2D eigenvalue weighted by Crippen LogP contribution is -2.52. The monoisotopic (exact) mass is 399 g/mol. The summed E-state index contributed by atoms with van der Waals surface area (Å²) in [6, 6.07) is 10.4. The lowest BCUT2D eigenvalue weighted by molar-refractivity contribution is -0.118. The number of piperazine rings is 1. The van der Waals surface area contributed by atoms with Crippen molar-refractivity contribution in [2.24, 2.45) is 0 Å². The van der Waals surface area contributed by atoms with Crippen LogP contribution in [0.4, 0.5) is 5.82 Å². The smallest absolute Gasteiger partial charge is 0.239 e. The maximum atomic E-state index is 12.5. The van der Waals surface area contributed by atoms with Crippen LogP contribution in [0.2, 0.25) is 0 Å². The van der Waals surface area contributed by atoms with Gasteiger partial charge in [-0.15, -0.1) is 24.8 Å². The van der Waals surface area contributed by atoms with E-state index in [1.54, 1.807) is 4.68 Å². The molecule has 144 valence electrons. The van der Waals surface area contributed by atoms with E-state index in [4.69, 9.17) is 0 Å². The predicted molar refractivity (Wildman–Crippen MR) is 110 cm³/mol. The maximum Gasteiger partial charge on any atom is 0.239 e. The number of hydrogen-bond donors (Lipinski definition) is 2. The average Bonchev–Trinajstić information content (AvgIpc) is 2.90. The van der Waals surface area contributed by atoms with Crippen molar-refractivity contribution in [1.29, 1.82) is 0 Å². The number of nitrogens with zero attached hydrogens (tertiary/aromatic N) is 3. The van der Waals surface area contributed by atoms with Crippen molar-refractivity contribution in [2.75, 3.05) is 31.5 Å². The van der Waals surface area contributed by atoms with E-state index in [1.165, 1.54) is 5.56 Å². The average molecular weight is 400 g/mol. The summed E-state index contributed by atoms with van der Waals surface area (Å²) in [7, 11) is 0. The topological polar surface area (TPSA) is 62.2 Å². The molecule has 0 radical (unpaired) electrons. The minimum atomic E-state index is -0.00277. The van der Waals surface area contributed by atoms with Crippen LogP contribution in [-0.4, -0.2) is 52.8 Å². The molecule has 26 heavy (non-hydrogen) atoms. The van der Waals surface area contributed by atoms with Crippen LogP contribution in [-0.2, 0) is 4.79 Å². The van der Waals surface area contributed by atoms with Crippen LogP contribution in [0.5, 0.6) is 0 Å². The third-order valence-corrected chi connectivity index (χ3v) is 4.36. The number of rotatable bonds is 4. The molecule has 1 fully saturated rings. The number of benzene rings is 1. The molecule has 1 aromatic heterocycles. The van der Waals surface area contributed by atoms with Crippen molar-refractivity contribution in [2.45, 2.75) is 26.8 Å². The highest BCUT2D eigenvalue weighted by atomic mass is 35.5. The first-order chi connectivity index (χ1) is 11.5. The predicted octanol–water partition coefficient (Wildman–Crippen LogP) is 2.56. The molecule has 0 bridgehead atoms. The van der Waals surface area contributed by atoms with E-state index in [-0.39, 0.29) is 30.7 Å². The lowest BCUT2D eigenvalue weighted by atomic mass is 10.2. The molecule has 8 heteroatoms. The molecular formula is C18H27Cl2N5O. The fraction of sp³-hybridized carbons (Fsp3) is 0.444. The summed E-state index contributed by atoms with van der Waals surface area (Å²) < 4.78 is 1.79. The zero-order chi connectivity index (χ0) is 17.1. The van der Waals surface area contributed by atoms with Gasteiger partial charge < -0.3 is 10.6 Å². The number of amides is 1. The quantitative estimate of drug-likeness (QED) is 0.828. The molecule has 2 heterocycles. The van der Waals surface area contributed by atoms with Crippen LogP contribution < -0.4 is 10.6 Å². The van der Waals surface area contributed by atoms with Crippen LogP contribution in [0.15, 0.2) is 30.3 Å². The Hall–Kier alpha value is -1.60. The molecule has 2 N–H and O–H groups in total. The molecule has 1 amide bonds. The van der Waals surface area contributed by atoms with Gasteiger partial charge in [0.2, 0.25) is 5.91 Å². The van der Waals surface area contributed by atoms with Gasteiger partial charge in [-0.3, -0.25) is 9.69 Å². The molecule has 0 unspecified atom stereocenters. The Morgan fingerprint density at radius 3 is 2.62 bits per heavy atom. The number of aryl methyl sites for hydroxylation is 2. The van der Waals surface area contributed by atoms with E-state index >= 15 is 0 Å². The van der Waals surface area contributed by atoms with Crippen molar-refractivity contribution < 1.29 is 4.79 Å². The van der Waals surface area contributed by atoms with Crippen LogP contribution in [0.3, 0.4) is 0 Å². The van der Waals surface area contributed by atoms with Crippen molar-refractivity contribution in [3.8, 4) is 5.69 Å². The van der Waals surface area contributed by atoms with Crippen LogP contribution in [0.1, 0.15) is 18.2 Å². The van der Waals surface area contributed by atoms with Gasteiger partial charge in [0.05, 0.1) is 17.9 Å². The molecule has 0 aliphatic carbocycles. The van der Waals surface area contributed by atoms with Gasteiger partial charge >= 0.3 is 0 Å². The summed E-state index contributed by atoms with van der Waals surface area (Å²) in [5, 5.41) is 10.9. The summed E-state index contributed by atoms with van der Waals surface area (Å²) in [5.41, 5.74) is 3.02. The van der Waals surface area contributed by atoms with Crippen molar-refractivity contribution in [3.63, 3.8) is 0 Å². The SMILES string of the molecule is Cc1ccc(-n2nc(C)cc2NC(=O)CN2CCNC[C@@H]2C)cc1.Cl.Cl. The highest BCUT2D eigenvalue weighted by Gasteiger charge is 2.21. The first-order valence-corrected chi connectivity index (χ1v) is 8.41. The number of nitrogens with one attached hydrogen (secondary N) is 2. The van der Waals surface area contributed by atoms with E-state index in [0.717, 1.165) is 31.0 Å². The number of carbonyl (C=O) groups excluding carboxylic acids is 1. The number of carbonyl (C=O) groups is 1. The van der Waals surface area contributed by atoms with E-state index in [2.05, 4.69) is 34.5 Å². The number of halogens is 2. The number of anilines is 1. The third-order valence-electron chi connectivity index (χ3n) is 4.36. The highest BCUT2D eigenvalue weighted by Crippen LogP contribution is 2.18. The van der Waals surface area contributed by atoms with Gasteiger partial charge in [0.1, 0.15) is 5.82 Å². The molecule has 1 aliphatic heterocycles. The molecular weight excluding hydrogens is 373 g/mol. The fourth-order valence-corrected chi connectivity index (χ4v) is 2.96. The zero-order valence-corrected chi connectivity index (χ0v) is 17.0. The van der Waals surface area contributed by atoms with E-state index in [0.29, 0.717) is 18.4 Å². The van der Waals surface area contributed by atoms with Gasteiger partial charge in [-0.1, -0.05) is 17.7 Å². The van der Waals surface area contributed by atoms with Crippen LogP contribution in [0.25, 0.3) is 5.69 Å². The van der Waals surface area contributed by atoms with Gasteiger partial charge in [0, 0.05) is 31.7 Å². The normalized spacial score (nSPS) is 17.1.